The zero-order valence-electron chi connectivity index (χ0n) is 8.89. The largest absolute Gasteiger partial charge is 0.309 e. The first-order chi connectivity index (χ1) is 8.43. The van der Waals surface area contributed by atoms with Crippen LogP contribution in [0.3, 0.4) is 0 Å². The average molecular weight is 230 g/mol. The van der Waals surface area contributed by atoms with Crippen molar-refractivity contribution in [1.29, 1.82) is 0 Å². The first-order valence-electron chi connectivity index (χ1n) is 5.21. The van der Waals surface area contributed by atoms with Crippen LogP contribution in [0.2, 0.25) is 0 Å². The van der Waals surface area contributed by atoms with Gasteiger partial charge in [-0.15, -0.1) is 0 Å². The fourth-order valence-corrected chi connectivity index (χ4v) is 1.57. The van der Waals surface area contributed by atoms with Crippen LogP contribution in [0.25, 0.3) is 0 Å². The maximum Gasteiger partial charge on any atom is 0.220 e. The van der Waals surface area contributed by atoms with E-state index in [0.717, 1.165) is 11.1 Å². The second-order valence-electron chi connectivity index (χ2n) is 3.55. The Morgan fingerprint density at radius 3 is 1.53 bits per heavy atom. The zero-order valence-corrected chi connectivity index (χ0v) is 8.89. The molecule has 1 saturated heterocycles. The summed E-state index contributed by atoms with van der Waals surface area (Å²) in [6, 6.07) is 7.29. The number of ether oxygens (including phenoxy) is 1. The molecule has 0 bridgehead atoms. The summed E-state index contributed by atoms with van der Waals surface area (Å²) in [4.78, 5) is 18.1. The van der Waals surface area contributed by atoms with Gasteiger partial charge < -0.3 is 4.74 Å². The van der Waals surface area contributed by atoms with E-state index in [9.17, 15) is 0 Å². The summed E-state index contributed by atoms with van der Waals surface area (Å²) in [5.41, 5.74) is 1.74. The molecule has 0 saturated carbocycles. The third-order valence-corrected chi connectivity index (χ3v) is 2.43. The molecule has 0 amide bonds. The van der Waals surface area contributed by atoms with Crippen LogP contribution in [0.15, 0.2) is 49.1 Å². The smallest absolute Gasteiger partial charge is 0.220 e. The number of hydrogen-bond donors (Lipinski definition) is 0. The summed E-state index contributed by atoms with van der Waals surface area (Å²) in [6.45, 7) is 0. The van der Waals surface area contributed by atoms with E-state index in [1.807, 2.05) is 24.3 Å². The van der Waals surface area contributed by atoms with Crippen LogP contribution in [0, 0.1) is 0 Å². The van der Waals surface area contributed by atoms with Crippen molar-refractivity contribution in [3.8, 4) is 0 Å². The van der Waals surface area contributed by atoms with Gasteiger partial charge in [-0.3, -0.25) is 9.97 Å². The van der Waals surface area contributed by atoms with Crippen molar-refractivity contribution in [2.45, 2.75) is 12.6 Å². The minimum atomic E-state index is -0.517. The normalized spacial score (nSPS) is 23.8. The molecule has 0 aliphatic carbocycles. The standard InChI is InChI=1S/C12H10N2O3/c1-5-13-6-2-9(1)11-15-12(17-16-11)10-3-7-14-8-4-10/h1-8,11-12H. The van der Waals surface area contributed by atoms with Gasteiger partial charge in [0.25, 0.3) is 0 Å². The number of nitrogens with zero attached hydrogens (tertiary/aromatic N) is 2. The molecule has 2 unspecified atom stereocenters. The lowest BCUT2D eigenvalue weighted by atomic mass is 10.2. The van der Waals surface area contributed by atoms with Gasteiger partial charge in [-0.25, -0.2) is 0 Å². The predicted octanol–water partition coefficient (Wildman–Crippen LogP) is 2.15. The zero-order chi connectivity index (χ0) is 11.5. The van der Waals surface area contributed by atoms with Crippen LogP contribution < -0.4 is 0 Å². The first kappa shape index (κ1) is 10.3. The Labute approximate surface area is 97.9 Å². The molecular formula is C12H10N2O3. The lowest BCUT2D eigenvalue weighted by Gasteiger charge is -2.07. The molecule has 2 aromatic heterocycles. The lowest BCUT2D eigenvalue weighted by molar-refractivity contribution is -0.300. The molecule has 5 nitrogen and oxygen atoms in total. The molecule has 2 aromatic rings. The Kier molecular flexibility index (Phi) is 2.79. The molecule has 1 aliphatic heterocycles. The number of rotatable bonds is 2. The Bertz CT molecular complexity index is 432. The van der Waals surface area contributed by atoms with Gasteiger partial charge in [-0.2, -0.15) is 9.78 Å². The Balaban J connectivity index is 1.75. The number of pyridine rings is 2. The van der Waals surface area contributed by atoms with Crippen molar-refractivity contribution in [1.82, 2.24) is 9.97 Å². The van der Waals surface area contributed by atoms with E-state index in [2.05, 4.69) is 9.97 Å². The van der Waals surface area contributed by atoms with E-state index < -0.39 is 12.6 Å². The number of aromatic nitrogens is 2. The molecule has 17 heavy (non-hydrogen) atoms. The van der Waals surface area contributed by atoms with Gasteiger partial charge in [-0.1, -0.05) is 0 Å². The summed E-state index contributed by atoms with van der Waals surface area (Å²) in [5, 5.41) is 0. The summed E-state index contributed by atoms with van der Waals surface area (Å²) < 4.78 is 5.63. The maximum absolute atomic E-state index is 5.63. The van der Waals surface area contributed by atoms with E-state index >= 15 is 0 Å². The third kappa shape index (κ3) is 2.16. The second-order valence-corrected chi connectivity index (χ2v) is 3.55. The molecule has 3 rings (SSSR count). The van der Waals surface area contributed by atoms with E-state index in [-0.39, 0.29) is 0 Å². The van der Waals surface area contributed by atoms with Crippen molar-refractivity contribution < 1.29 is 14.5 Å². The molecule has 3 heterocycles. The quantitative estimate of drug-likeness (QED) is 0.740. The average Bonchev–Trinajstić information content (AvgIpc) is 2.90. The van der Waals surface area contributed by atoms with Crippen LogP contribution in [0.1, 0.15) is 23.7 Å². The second kappa shape index (κ2) is 4.58. The van der Waals surface area contributed by atoms with E-state index in [4.69, 9.17) is 14.5 Å². The molecule has 0 spiro atoms. The maximum atomic E-state index is 5.63. The van der Waals surface area contributed by atoms with E-state index in [0.29, 0.717) is 0 Å². The molecule has 0 aromatic carbocycles. The van der Waals surface area contributed by atoms with Crippen molar-refractivity contribution >= 4 is 0 Å². The fraction of sp³-hybridized carbons (Fsp3) is 0.167. The molecule has 2 atom stereocenters. The number of hydrogen-bond acceptors (Lipinski definition) is 5. The van der Waals surface area contributed by atoms with Gasteiger partial charge in [0.15, 0.2) is 0 Å². The van der Waals surface area contributed by atoms with Crippen LogP contribution in [-0.4, -0.2) is 9.97 Å². The van der Waals surface area contributed by atoms with Crippen molar-refractivity contribution in [2.75, 3.05) is 0 Å². The van der Waals surface area contributed by atoms with Crippen LogP contribution in [0.4, 0.5) is 0 Å². The fourth-order valence-electron chi connectivity index (χ4n) is 1.57. The highest BCUT2D eigenvalue weighted by Crippen LogP contribution is 2.35. The summed E-state index contributed by atoms with van der Waals surface area (Å²) in [6.07, 6.45) is 5.69. The van der Waals surface area contributed by atoms with Crippen molar-refractivity contribution in [3.05, 3.63) is 60.2 Å². The molecule has 0 radical (unpaired) electrons. The molecule has 1 fully saturated rings. The highest BCUT2D eigenvalue weighted by atomic mass is 17.3. The predicted molar refractivity (Wildman–Crippen MR) is 57.2 cm³/mol. The highest BCUT2D eigenvalue weighted by Gasteiger charge is 2.30. The Morgan fingerprint density at radius 1 is 0.706 bits per heavy atom. The lowest BCUT2D eigenvalue weighted by Crippen LogP contribution is -2.00. The molecule has 86 valence electrons. The third-order valence-electron chi connectivity index (χ3n) is 2.43. The molecule has 5 heteroatoms. The topological polar surface area (TPSA) is 53.5 Å². The summed E-state index contributed by atoms with van der Waals surface area (Å²) >= 11 is 0. The van der Waals surface area contributed by atoms with Gasteiger partial charge in [-0.05, 0) is 24.3 Å². The van der Waals surface area contributed by atoms with Gasteiger partial charge in [0.2, 0.25) is 12.6 Å². The van der Waals surface area contributed by atoms with Gasteiger partial charge >= 0.3 is 0 Å². The first-order valence-corrected chi connectivity index (χ1v) is 5.21. The van der Waals surface area contributed by atoms with Crippen LogP contribution in [-0.2, 0) is 14.5 Å². The van der Waals surface area contributed by atoms with Crippen LogP contribution >= 0.6 is 0 Å². The monoisotopic (exact) mass is 230 g/mol. The van der Waals surface area contributed by atoms with E-state index in [1.165, 1.54) is 0 Å². The highest BCUT2D eigenvalue weighted by molar-refractivity contribution is 5.14. The van der Waals surface area contributed by atoms with E-state index in [1.54, 1.807) is 24.8 Å². The Hall–Kier alpha value is -1.82. The van der Waals surface area contributed by atoms with Crippen molar-refractivity contribution in [2.24, 2.45) is 0 Å². The van der Waals surface area contributed by atoms with Gasteiger partial charge in [0, 0.05) is 35.9 Å². The van der Waals surface area contributed by atoms with Gasteiger partial charge in [0.1, 0.15) is 0 Å². The molecule has 0 N–H and O–H groups in total. The van der Waals surface area contributed by atoms with Crippen LogP contribution in [0.5, 0.6) is 0 Å². The van der Waals surface area contributed by atoms with Crippen molar-refractivity contribution in [3.63, 3.8) is 0 Å². The minimum absolute atomic E-state index is 0.517. The van der Waals surface area contributed by atoms with Gasteiger partial charge in [0.05, 0.1) is 0 Å². The SMILES string of the molecule is c1cc(C2OOC(c3ccncc3)O2)ccn1. The summed E-state index contributed by atoms with van der Waals surface area (Å²) in [5.74, 6) is 0. The minimum Gasteiger partial charge on any atom is -0.309 e. The molecular weight excluding hydrogens is 220 g/mol. The summed E-state index contributed by atoms with van der Waals surface area (Å²) in [7, 11) is 0. The molecule has 1 aliphatic rings. The Morgan fingerprint density at radius 2 is 1.12 bits per heavy atom.